The van der Waals surface area contributed by atoms with Crippen molar-refractivity contribution in [2.75, 3.05) is 6.67 Å². The van der Waals surface area contributed by atoms with Gasteiger partial charge in [0.25, 0.3) is 0 Å². The first-order chi connectivity index (χ1) is 6.88. The van der Waals surface area contributed by atoms with E-state index in [9.17, 15) is 4.39 Å². The van der Waals surface area contributed by atoms with Crippen molar-refractivity contribution in [2.45, 2.75) is 13.3 Å². The Balaban J connectivity index is 2.90. The van der Waals surface area contributed by atoms with E-state index in [2.05, 4.69) is 10.2 Å². The van der Waals surface area contributed by atoms with E-state index in [-0.39, 0.29) is 0 Å². The van der Waals surface area contributed by atoms with Crippen molar-refractivity contribution >= 4 is 5.57 Å². The summed E-state index contributed by atoms with van der Waals surface area (Å²) in [5.74, 6) is 0. The van der Waals surface area contributed by atoms with Gasteiger partial charge in [-0.3, -0.25) is 0 Å². The Kier molecular flexibility index (Phi) is 4.55. The molecule has 14 heavy (non-hydrogen) atoms. The second-order valence-electron chi connectivity index (χ2n) is 2.76. The van der Waals surface area contributed by atoms with Gasteiger partial charge in [-0.25, -0.2) is 4.39 Å². The third-order valence-corrected chi connectivity index (χ3v) is 1.73. The van der Waals surface area contributed by atoms with Crippen LogP contribution in [-0.4, -0.2) is 16.9 Å². The molecule has 0 aliphatic rings. The minimum absolute atomic E-state index is 0.445. The number of rotatable bonds is 4. The Morgan fingerprint density at radius 1 is 1.50 bits per heavy atom. The van der Waals surface area contributed by atoms with Crippen molar-refractivity contribution < 1.29 is 4.39 Å². The number of halogens is 1. The van der Waals surface area contributed by atoms with Crippen LogP contribution in [0.2, 0.25) is 0 Å². The average molecular weight is 192 g/mol. The molecule has 0 radical (unpaired) electrons. The Bertz CT molecular complexity index is 317. The van der Waals surface area contributed by atoms with Crippen LogP contribution >= 0.6 is 0 Å². The number of aromatic nitrogens is 2. The number of alkyl halides is 1. The summed E-state index contributed by atoms with van der Waals surface area (Å²) in [7, 11) is 0. The summed E-state index contributed by atoms with van der Waals surface area (Å²) < 4.78 is 12.0. The van der Waals surface area contributed by atoms with Gasteiger partial charge in [0.05, 0.1) is 12.4 Å². The largest absolute Gasteiger partial charge is 0.247 e. The molecule has 0 aromatic carbocycles. The molecule has 0 bridgehead atoms. The molecule has 1 heterocycles. The molecule has 1 aromatic heterocycles. The van der Waals surface area contributed by atoms with Crippen LogP contribution in [-0.2, 0) is 0 Å². The third kappa shape index (κ3) is 3.09. The fraction of sp³-hybridized carbons (Fsp3) is 0.273. The Labute approximate surface area is 83.2 Å². The lowest BCUT2D eigenvalue weighted by Crippen LogP contribution is -1.85. The quantitative estimate of drug-likeness (QED) is 0.685. The second-order valence-corrected chi connectivity index (χ2v) is 2.76. The van der Waals surface area contributed by atoms with Crippen LogP contribution in [0.3, 0.4) is 0 Å². The first-order valence-corrected chi connectivity index (χ1v) is 4.58. The summed E-state index contributed by atoms with van der Waals surface area (Å²) in [5, 5.41) is 7.47. The molecular weight excluding hydrogens is 179 g/mol. The average Bonchev–Trinajstić information content (AvgIpc) is 2.25. The summed E-state index contributed by atoms with van der Waals surface area (Å²) >= 11 is 0. The normalized spacial score (nSPS) is 12.3. The van der Waals surface area contributed by atoms with Gasteiger partial charge in [0.15, 0.2) is 0 Å². The lowest BCUT2D eigenvalue weighted by Gasteiger charge is -1.99. The molecule has 0 saturated carbocycles. The van der Waals surface area contributed by atoms with Gasteiger partial charge < -0.3 is 0 Å². The molecule has 0 amide bonds. The van der Waals surface area contributed by atoms with E-state index in [1.807, 2.05) is 19.1 Å². The highest BCUT2D eigenvalue weighted by Gasteiger charge is 1.95. The first-order valence-electron chi connectivity index (χ1n) is 4.58. The maximum absolute atomic E-state index is 12.0. The van der Waals surface area contributed by atoms with E-state index < -0.39 is 6.67 Å². The van der Waals surface area contributed by atoms with Crippen LogP contribution in [0.25, 0.3) is 5.57 Å². The number of nitrogens with zero attached hydrogens (tertiary/aromatic N) is 2. The molecule has 0 saturated heterocycles. The molecular formula is C11H13FN2. The third-order valence-electron chi connectivity index (χ3n) is 1.73. The molecule has 1 aromatic rings. The predicted octanol–water partition coefficient (Wildman–Crippen LogP) is 2.80. The van der Waals surface area contributed by atoms with E-state index in [0.717, 1.165) is 17.6 Å². The number of hydrogen-bond donors (Lipinski definition) is 0. The molecule has 0 unspecified atom stereocenters. The van der Waals surface area contributed by atoms with Crippen LogP contribution in [0.1, 0.15) is 18.9 Å². The van der Waals surface area contributed by atoms with Gasteiger partial charge in [-0.1, -0.05) is 25.2 Å². The van der Waals surface area contributed by atoms with E-state index >= 15 is 0 Å². The van der Waals surface area contributed by atoms with Crippen LogP contribution < -0.4 is 0 Å². The molecule has 3 heteroatoms. The number of hydrogen-bond acceptors (Lipinski definition) is 2. The second kappa shape index (κ2) is 6.02. The van der Waals surface area contributed by atoms with Crippen molar-refractivity contribution in [3.05, 3.63) is 42.3 Å². The van der Waals surface area contributed by atoms with Crippen LogP contribution in [0.5, 0.6) is 0 Å². The fourth-order valence-corrected chi connectivity index (χ4v) is 1.13. The lowest BCUT2D eigenvalue weighted by molar-refractivity contribution is 0.562. The highest BCUT2D eigenvalue weighted by Crippen LogP contribution is 2.14. The maximum Gasteiger partial charge on any atom is 0.108 e. The molecule has 0 aliphatic heterocycles. The molecule has 0 N–H and O–H groups in total. The minimum Gasteiger partial charge on any atom is -0.247 e. The van der Waals surface area contributed by atoms with Crippen LogP contribution in [0.4, 0.5) is 4.39 Å². The first kappa shape index (κ1) is 10.6. The van der Waals surface area contributed by atoms with Gasteiger partial charge in [0.1, 0.15) is 6.67 Å². The summed E-state index contributed by atoms with van der Waals surface area (Å²) in [6.45, 7) is 1.59. The van der Waals surface area contributed by atoms with Crippen LogP contribution in [0, 0.1) is 0 Å². The van der Waals surface area contributed by atoms with Crippen molar-refractivity contribution in [1.29, 1.82) is 0 Å². The zero-order valence-corrected chi connectivity index (χ0v) is 8.15. The molecule has 74 valence electrons. The molecule has 0 aliphatic carbocycles. The zero-order valence-electron chi connectivity index (χ0n) is 8.15. The lowest BCUT2D eigenvalue weighted by atomic mass is 10.1. The Morgan fingerprint density at radius 2 is 2.36 bits per heavy atom. The Hall–Kier alpha value is -1.51. The zero-order chi connectivity index (χ0) is 10.2. The number of allylic oxidation sites excluding steroid dienone is 4. The van der Waals surface area contributed by atoms with Gasteiger partial charge in [-0.15, -0.1) is 0 Å². The van der Waals surface area contributed by atoms with Gasteiger partial charge in [0.2, 0.25) is 0 Å². The van der Waals surface area contributed by atoms with Gasteiger partial charge in [-0.05, 0) is 18.1 Å². The van der Waals surface area contributed by atoms with E-state index in [0.29, 0.717) is 0 Å². The smallest absolute Gasteiger partial charge is 0.108 e. The van der Waals surface area contributed by atoms with Gasteiger partial charge >= 0.3 is 0 Å². The monoisotopic (exact) mass is 192 g/mol. The standard InChI is InChI=1S/C11H13FN2/c1-2-4-10(5-3-7-12)11-6-8-13-14-9-11/h3-6,8-9H,2,7H2,1H3. The van der Waals surface area contributed by atoms with Gasteiger partial charge in [0, 0.05) is 5.56 Å². The molecule has 0 spiro atoms. The molecule has 1 rings (SSSR count). The van der Waals surface area contributed by atoms with E-state index in [1.165, 1.54) is 6.08 Å². The molecule has 0 atom stereocenters. The summed E-state index contributed by atoms with van der Waals surface area (Å²) in [5.41, 5.74) is 1.95. The van der Waals surface area contributed by atoms with Crippen LogP contribution in [0.15, 0.2) is 36.7 Å². The molecule has 0 fully saturated rings. The van der Waals surface area contributed by atoms with Crippen molar-refractivity contribution in [3.63, 3.8) is 0 Å². The topological polar surface area (TPSA) is 25.8 Å². The molecule has 2 nitrogen and oxygen atoms in total. The summed E-state index contributed by atoms with van der Waals surface area (Å²) in [6.07, 6.45) is 9.49. The summed E-state index contributed by atoms with van der Waals surface area (Å²) in [4.78, 5) is 0. The highest BCUT2D eigenvalue weighted by molar-refractivity contribution is 5.73. The Morgan fingerprint density at radius 3 is 2.93 bits per heavy atom. The van der Waals surface area contributed by atoms with Crippen molar-refractivity contribution in [3.8, 4) is 0 Å². The van der Waals surface area contributed by atoms with Gasteiger partial charge in [-0.2, -0.15) is 10.2 Å². The van der Waals surface area contributed by atoms with Crippen molar-refractivity contribution in [2.24, 2.45) is 0 Å². The van der Waals surface area contributed by atoms with E-state index in [1.54, 1.807) is 18.5 Å². The predicted molar refractivity (Wildman–Crippen MR) is 55.4 cm³/mol. The van der Waals surface area contributed by atoms with Crippen molar-refractivity contribution in [1.82, 2.24) is 10.2 Å². The SMILES string of the molecule is CCC=C(C=CCF)c1ccnnc1. The maximum atomic E-state index is 12.0. The fourth-order valence-electron chi connectivity index (χ4n) is 1.13. The minimum atomic E-state index is -0.445. The van der Waals surface area contributed by atoms with E-state index in [4.69, 9.17) is 0 Å². The summed E-state index contributed by atoms with van der Waals surface area (Å²) in [6, 6.07) is 1.86. The highest BCUT2D eigenvalue weighted by atomic mass is 19.1.